The van der Waals surface area contributed by atoms with Crippen LogP contribution in [0.25, 0.3) is 55.0 Å². The lowest BCUT2D eigenvalue weighted by Crippen LogP contribution is -2.74. The fourth-order valence-corrected chi connectivity index (χ4v) is 23.3. The molecule has 0 saturated heterocycles. The average molecular weight is 1110 g/mol. The van der Waals surface area contributed by atoms with E-state index < -0.39 is 16.1 Å². The molecular formula is C79H59N3Si2. The molecule has 15 rings (SSSR count). The maximum absolute atomic E-state index is 2.89. The SMILES string of the molecule is Cc1ccc(N(c2ccc3c(c2)c2cc([Si](c4ccccc4)(c4ccccc4)c4ccccc4)ccc2n3-c2ccccc2)c2ccc3c(c2)c2cc([Si](c4ccccc4)(c4ccccc4)c4ccccc4)ccc2n3-c2ccccc2)cc1. The van der Waals surface area contributed by atoms with Gasteiger partial charge in [0.15, 0.2) is 16.1 Å². The summed E-state index contributed by atoms with van der Waals surface area (Å²) in [5, 5.41) is 15.6. The Morgan fingerprint density at radius 1 is 0.226 bits per heavy atom. The molecule has 2 heterocycles. The van der Waals surface area contributed by atoms with Gasteiger partial charge >= 0.3 is 0 Å². The Balaban J connectivity index is 0.993. The van der Waals surface area contributed by atoms with Gasteiger partial charge in [-0.3, -0.25) is 0 Å². The second kappa shape index (κ2) is 21.2. The van der Waals surface area contributed by atoms with Gasteiger partial charge in [0, 0.05) is 50.0 Å². The van der Waals surface area contributed by atoms with Crippen LogP contribution in [0, 0.1) is 6.92 Å². The predicted octanol–water partition coefficient (Wildman–Crippen LogP) is 14.4. The predicted molar refractivity (Wildman–Crippen MR) is 362 cm³/mol. The first-order valence-corrected chi connectivity index (χ1v) is 33.1. The van der Waals surface area contributed by atoms with Gasteiger partial charge in [0.2, 0.25) is 0 Å². The van der Waals surface area contributed by atoms with Crippen LogP contribution in [0.5, 0.6) is 0 Å². The molecule has 0 unspecified atom stereocenters. The van der Waals surface area contributed by atoms with Crippen molar-refractivity contribution >= 4 is 118 Å². The molecule has 15 aromatic rings. The zero-order valence-corrected chi connectivity index (χ0v) is 48.7. The Hall–Kier alpha value is -10.3. The summed E-state index contributed by atoms with van der Waals surface area (Å²) in [6.07, 6.45) is 0. The highest BCUT2D eigenvalue weighted by molar-refractivity contribution is 7.20. The Morgan fingerprint density at radius 3 is 0.774 bits per heavy atom. The summed E-state index contributed by atoms with van der Waals surface area (Å²) in [5.41, 5.74) is 11.4. The van der Waals surface area contributed by atoms with Crippen LogP contribution in [-0.4, -0.2) is 25.3 Å². The number of benzene rings is 13. The number of rotatable bonds is 13. The van der Waals surface area contributed by atoms with E-state index in [-0.39, 0.29) is 0 Å². The second-order valence-electron chi connectivity index (χ2n) is 22.1. The van der Waals surface area contributed by atoms with Crippen molar-refractivity contribution in [2.75, 3.05) is 4.90 Å². The third kappa shape index (κ3) is 8.31. The van der Waals surface area contributed by atoms with E-state index in [1.165, 1.54) is 79.6 Å². The van der Waals surface area contributed by atoms with Gasteiger partial charge < -0.3 is 14.0 Å². The van der Waals surface area contributed by atoms with Gasteiger partial charge in [-0.05, 0) is 133 Å². The highest BCUT2D eigenvalue weighted by Crippen LogP contribution is 2.42. The van der Waals surface area contributed by atoms with Gasteiger partial charge in [0.1, 0.15) is 0 Å². The van der Waals surface area contributed by atoms with Crippen LogP contribution in [0.1, 0.15) is 5.56 Å². The first-order chi connectivity index (χ1) is 41.6. The van der Waals surface area contributed by atoms with E-state index in [1.807, 2.05) is 0 Å². The van der Waals surface area contributed by atoms with Crippen molar-refractivity contribution in [3.05, 3.63) is 345 Å². The van der Waals surface area contributed by atoms with Gasteiger partial charge in [0.05, 0.1) is 22.1 Å². The molecule has 0 aliphatic heterocycles. The van der Waals surface area contributed by atoms with Gasteiger partial charge in [-0.1, -0.05) is 260 Å². The molecule has 0 radical (unpaired) electrons. The van der Waals surface area contributed by atoms with Gasteiger partial charge in [-0.25, -0.2) is 0 Å². The number of aromatic nitrogens is 2. The molecule has 3 nitrogen and oxygen atoms in total. The lowest BCUT2D eigenvalue weighted by atomic mass is 10.1. The molecule has 0 saturated carbocycles. The van der Waals surface area contributed by atoms with E-state index in [2.05, 4.69) is 361 Å². The molecule has 2 aromatic heterocycles. The summed E-state index contributed by atoms with van der Waals surface area (Å²) < 4.78 is 4.91. The highest BCUT2D eigenvalue weighted by Gasteiger charge is 2.43. The monoisotopic (exact) mass is 1110 g/mol. The molecule has 5 heteroatoms. The maximum atomic E-state index is 2.54. The van der Waals surface area contributed by atoms with Crippen LogP contribution >= 0.6 is 0 Å². The number of anilines is 3. The van der Waals surface area contributed by atoms with E-state index in [9.17, 15) is 0 Å². The van der Waals surface area contributed by atoms with Crippen molar-refractivity contribution in [1.29, 1.82) is 0 Å². The molecule has 0 bridgehead atoms. The lowest BCUT2D eigenvalue weighted by molar-refractivity contribution is 1.18. The summed E-state index contributed by atoms with van der Waals surface area (Å²) in [5.74, 6) is 0. The standard InChI is InChI=1S/C79H59N3Si2/c1-58-42-44-61(45-43-58)80(62-46-50-76-72(54-62)74-56-70(48-52-78(74)81(76)59-26-10-2-11-27-59)83(64-30-14-4-15-31-64,65-32-16-5-17-33-65)66-34-18-6-19-35-66)63-47-51-77-73(55-63)75-57-71(49-53-79(75)82(77)60-28-12-3-13-29-60)84(67-36-20-7-21-37-67,68-38-22-8-23-39-68)69-40-24-9-25-41-69/h2-57H,1H3. The first kappa shape index (κ1) is 50.6. The fraction of sp³-hybridized carbons (Fsp3) is 0.0127. The van der Waals surface area contributed by atoms with Crippen molar-refractivity contribution in [2.24, 2.45) is 0 Å². The number of para-hydroxylation sites is 2. The number of hydrogen-bond donors (Lipinski definition) is 0. The summed E-state index contributed by atoms with van der Waals surface area (Å²) in [6.45, 7) is 2.17. The largest absolute Gasteiger partial charge is 0.310 e. The second-order valence-corrected chi connectivity index (χ2v) is 29.7. The molecule has 0 aliphatic rings. The van der Waals surface area contributed by atoms with Crippen molar-refractivity contribution in [1.82, 2.24) is 9.13 Å². The number of hydrogen-bond acceptors (Lipinski definition) is 1. The minimum absolute atomic E-state index is 1.08. The van der Waals surface area contributed by atoms with Crippen LogP contribution in [0.15, 0.2) is 340 Å². The minimum Gasteiger partial charge on any atom is -0.310 e. The van der Waals surface area contributed by atoms with Crippen molar-refractivity contribution in [3.8, 4) is 11.4 Å². The molecule has 84 heavy (non-hydrogen) atoms. The molecule has 398 valence electrons. The molecule has 0 atom stereocenters. The fourth-order valence-electron chi connectivity index (χ4n) is 13.7. The first-order valence-electron chi connectivity index (χ1n) is 29.1. The molecule has 0 spiro atoms. The van der Waals surface area contributed by atoms with E-state index >= 15 is 0 Å². The molecule has 0 amide bonds. The van der Waals surface area contributed by atoms with Crippen LogP contribution in [0.4, 0.5) is 17.1 Å². The smallest absolute Gasteiger partial charge is 0.179 e. The van der Waals surface area contributed by atoms with E-state index in [4.69, 9.17) is 0 Å². The van der Waals surface area contributed by atoms with Crippen LogP contribution in [-0.2, 0) is 0 Å². The molecule has 0 fully saturated rings. The Kier molecular flexibility index (Phi) is 12.8. The Labute approximate surface area is 492 Å². The highest BCUT2D eigenvalue weighted by atomic mass is 28.3. The van der Waals surface area contributed by atoms with Gasteiger partial charge in [0.25, 0.3) is 0 Å². The van der Waals surface area contributed by atoms with Crippen molar-refractivity contribution < 1.29 is 0 Å². The molecule has 0 N–H and O–H groups in total. The van der Waals surface area contributed by atoms with Crippen molar-refractivity contribution in [3.63, 3.8) is 0 Å². The topological polar surface area (TPSA) is 13.1 Å². The Morgan fingerprint density at radius 2 is 0.476 bits per heavy atom. The van der Waals surface area contributed by atoms with Crippen LogP contribution in [0.2, 0.25) is 0 Å². The quantitative estimate of drug-likeness (QED) is 0.0828. The molecule has 0 aliphatic carbocycles. The normalized spacial score (nSPS) is 11.9. The van der Waals surface area contributed by atoms with Gasteiger partial charge in [-0.2, -0.15) is 0 Å². The summed E-state index contributed by atoms with van der Waals surface area (Å²) in [4.78, 5) is 2.47. The zero-order chi connectivity index (χ0) is 56.0. The van der Waals surface area contributed by atoms with Gasteiger partial charge in [-0.15, -0.1) is 0 Å². The summed E-state index contributed by atoms with van der Waals surface area (Å²) in [7, 11) is -5.77. The van der Waals surface area contributed by atoms with E-state index in [1.54, 1.807) is 0 Å². The zero-order valence-electron chi connectivity index (χ0n) is 46.7. The van der Waals surface area contributed by atoms with E-state index in [0.29, 0.717) is 0 Å². The molecule has 13 aromatic carbocycles. The number of fused-ring (bicyclic) bond motifs is 6. The maximum Gasteiger partial charge on any atom is 0.179 e. The minimum atomic E-state index is -2.89. The number of aryl methyl sites for hydroxylation is 1. The third-order valence-corrected chi connectivity index (χ3v) is 27.0. The van der Waals surface area contributed by atoms with Crippen LogP contribution in [0.3, 0.4) is 0 Å². The third-order valence-electron chi connectivity index (χ3n) is 17.4. The van der Waals surface area contributed by atoms with Crippen molar-refractivity contribution in [2.45, 2.75) is 6.92 Å². The summed E-state index contributed by atoms with van der Waals surface area (Å²) in [6, 6.07) is 127. The average Bonchev–Trinajstić information content (AvgIpc) is 3.36. The molecular weight excluding hydrogens is 1050 g/mol. The van der Waals surface area contributed by atoms with E-state index in [0.717, 1.165) is 39.5 Å². The Bertz CT molecular complexity index is 4320. The van der Waals surface area contributed by atoms with Crippen LogP contribution < -0.4 is 46.4 Å². The lowest BCUT2D eigenvalue weighted by Gasteiger charge is -2.34. The number of nitrogens with zero attached hydrogens (tertiary/aromatic N) is 3. The summed E-state index contributed by atoms with van der Waals surface area (Å²) >= 11 is 0.